The van der Waals surface area contributed by atoms with E-state index in [0.29, 0.717) is 41.7 Å². The van der Waals surface area contributed by atoms with Crippen molar-refractivity contribution in [3.8, 4) is 5.75 Å². The van der Waals surface area contributed by atoms with Crippen molar-refractivity contribution in [3.05, 3.63) is 53.4 Å². The Morgan fingerprint density at radius 2 is 2.04 bits per heavy atom. The molecule has 1 aliphatic heterocycles. The van der Waals surface area contributed by atoms with E-state index in [1.807, 2.05) is 12.1 Å². The molecule has 2 fully saturated rings. The van der Waals surface area contributed by atoms with Crippen LogP contribution in [0.5, 0.6) is 5.75 Å². The minimum Gasteiger partial charge on any atom is -0.487 e. The van der Waals surface area contributed by atoms with Gasteiger partial charge in [0, 0.05) is 18.7 Å². The number of Topliss-reactive ketones (excluding diaryl/α,β-unsaturated/α-hetero) is 1. The van der Waals surface area contributed by atoms with Gasteiger partial charge >= 0.3 is 0 Å². The number of carbonyl (C=O) groups is 1. The number of benzene rings is 1. The van der Waals surface area contributed by atoms with Gasteiger partial charge in [-0.1, -0.05) is 30.4 Å². The first-order valence-corrected chi connectivity index (χ1v) is 9.73. The molecule has 1 saturated carbocycles. The van der Waals surface area contributed by atoms with Gasteiger partial charge in [0.05, 0.1) is 18.8 Å². The van der Waals surface area contributed by atoms with E-state index in [0.717, 1.165) is 25.9 Å². The summed E-state index contributed by atoms with van der Waals surface area (Å²) in [5.74, 6) is 1.22. The van der Waals surface area contributed by atoms with Crippen LogP contribution in [-0.4, -0.2) is 47.6 Å². The number of hydrogen-bond donors (Lipinski definition) is 1. The third-order valence-electron chi connectivity index (χ3n) is 6.00. The SMILES string of the molecule is Cc1cccc(OC2CC3CN(CC(=O)C4=CCC(O)C=C4)CC3C2)c1F. The van der Waals surface area contributed by atoms with Crippen molar-refractivity contribution in [1.82, 2.24) is 4.90 Å². The number of nitrogens with zero attached hydrogens (tertiary/aromatic N) is 1. The largest absolute Gasteiger partial charge is 0.487 e. The molecule has 0 radical (unpaired) electrons. The van der Waals surface area contributed by atoms with Gasteiger partial charge < -0.3 is 9.84 Å². The summed E-state index contributed by atoms with van der Waals surface area (Å²) in [5.41, 5.74) is 1.31. The molecule has 3 aliphatic rings. The van der Waals surface area contributed by atoms with Crippen LogP contribution in [0.25, 0.3) is 0 Å². The molecule has 1 heterocycles. The molecule has 4 nitrogen and oxygen atoms in total. The third kappa shape index (κ3) is 3.99. The van der Waals surface area contributed by atoms with Gasteiger partial charge in [-0.2, -0.15) is 0 Å². The standard InChI is InChI=1S/C22H26FNO3/c1-14-3-2-4-21(22(14)23)27-19-9-16-11-24(12-17(16)10-19)13-20(26)15-5-7-18(25)8-6-15/h2-7,16-19,25H,8-13H2,1H3. The smallest absolute Gasteiger partial charge is 0.176 e. The van der Waals surface area contributed by atoms with Crippen molar-refractivity contribution in [2.45, 2.75) is 38.4 Å². The molecule has 0 aromatic heterocycles. The second-order valence-electron chi connectivity index (χ2n) is 8.06. The van der Waals surface area contributed by atoms with Gasteiger partial charge in [0.2, 0.25) is 0 Å². The maximum absolute atomic E-state index is 14.2. The molecule has 0 bridgehead atoms. The van der Waals surface area contributed by atoms with Crippen molar-refractivity contribution in [1.29, 1.82) is 0 Å². The van der Waals surface area contributed by atoms with Crippen LogP contribution in [0.2, 0.25) is 0 Å². The highest BCUT2D eigenvalue weighted by atomic mass is 19.1. The van der Waals surface area contributed by atoms with Gasteiger partial charge in [-0.05, 0) is 49.7 Å². The Kier molecular flexibility index (Phi) is 5.15. The molecule has 1 aromatic rings. The molecular formula is C22H26FNO3. The number of likely N-dealkylation sites (tertiary alicyclic amines) is 1. The summed E-state index contributed by atoms with van der Waals surface area (Å²) in [4.78, 5) is 14.7. The molecular weight excluding hydrogens is 345 g/mol. The fourth-order valence-corrected chi connectivity index (χ4v) is 4.57. The van der Waals surface area contributed by atoms with Gasteiger partial charge in [-0.15, -0.1) is 0 Å². The molecule has 0 amide bonds. The van der Waals surface area contributed by atoms with E-state index in [4.69, 9.17) is 4.74 Å². The van der Waals surface area contributed by atoms with Gasteiger partial charge in [-0.25, -0.2) is 4.39 Å². The lowest BCUT2D eigenvalue weighted by Crippen LogP contribution is -2.30. The number of fused-ring (bicyclic) bond motifs is 1. The van der Waals surface area contributed by atoms with E-state index in [1.54, 1.807) is 31.2 Å². The molecule has 3 unspecified atom stereocenters. The number of hydrogen-bond acceptors (Lipinski definition) is 4. The number of carbonyl (C=O) groups excluding carboxylic acids is 1. The number of allylic oxidation sites excluding steroid dienone is 1. The van der Waals surface area contributed by atoms with E-state index in [2.05, 4.69) is 4.90 Å². The molecule has 4 rings (SSSR count). The normalized spacial score (nSPS) is 30.3. The number of aryl methyl sites for hydroxylation is 1. The zero-order valence-corrected chi connectivity index (χ0v) is 15.6. The van der Waals surface area contributed by atoms with Crippen LogP contribution in [-0.2, 0) is 4.79 Å². The fourth-order valence-electron chi connectivity index (χ4n) is 4.57. The van der Waals surface area contributed by atoms with Gasteiger partial charge in [0.1, 0.15) is 0 Å². The maximum atomic E-state index is 14.2. The van der Waals surface area contributed by atoms with Crippen LogP contribution < -0.4 is 4.74 Å². The average molecular weight is 371 g/mol. The molecule has 3 atom stereocenters. The van der Waals surface area contributed by atoms with Crippen LogP contribution in [0.1, 0.15) is 24.8 Å². The van der Waals surface area contributed by atoms with Gasteiger partial charge in [0.25, 0.3) is 0 Å². The Labute approximate surface area is 159 Å². The van der Waals surface area contributed by atoms with E-state index in [-0.39, 0.29) is 17.7 Å². The minimum absolute atomic E-state index is 0.0552. The quantitative estimate of drug-likeness (QED) is 0.864. The Bertz CT molecular complexity index is 774. The van der Waals surface area contributed by atoms with Gasteiger partial charge in [-0.3, -0.25) is 9.69 Å². The zero-order valence-electron chi connectivity index (χ0n) is 15.6. The predicted octanol–water partition coefficient (Wildman–Crippen LogP) is 3.04. The third-order valence-corrected chi connectivity index (χ3v) is 6.00. The van der Waals surface area contributed by atoms with Crippen molar-refractivity contribution < 1.29 is 19.0 Å². The van der Waals surface area contributed by atoms with Crippen molar-refractivity contribution in [2.24, 2.45) is 11.8 Å². The molecule has 2 aliphatic carbocycles. The molecule has 1 saturated heterocycles. The van der Waals surface area contributed by atoms with Crippen LogP contribution in [0, 0.1) is 24.6 Å². The van der Waals surface area contributed by atoms with Crippen LogP contribution in [0.3, 0.4) is 0 Å². The monoisotopic (exact) mass is 371 g/mol. The van der Waals surface area contributed by atoms with E-state index < -0.39 is 6.10 Å². The second kappa shape index (κ2) is 7.56. The minimum atomic E-state index is -0.470. The Balaban J connectivity index is 1.29. The molecule has 0 spiro atoms. The number of aliphatic hydroxyl groups excluding tert-OH is 1. The highest BCUT2D eigenvalue weighted by molar-refractivity contribution is 5.99. The zero-order chi connectivity index (χ0) is 19.0. The molecule has 1 aromatic carbocycles. The second-order valence-corrected chi connectivity index (χ2v) is 8.06. The topological polar surface area (TPSA) is 49.8 Å². The Morgan fingerprint density at radius 3 is 2.70 bits per heavy atom. The highest BCUT2D eigenvalue weighted by Crippen LogP contribution is 2.40. The summed E-state index contributed by atoms with van der Waals surface area (Å²) in [5, 5.41) is 9.48. The molecule has 144 valence electrons. The lowest BCUT2D eigenvalue weighted by atomic mass is 10.0. The number of halogens is 1. The molecule has 5 heteroatoms. The summed E-state index contributed by atoms with van der Waals surface area (Å²) in [7, 11) is 0. The number of aliphatic hydroxyl groups is 1. The van der Waals surface area contributed by atoms with Gasteiger partial charge in [0.15, 0.2) is 17.3 Å². The highest BCUT2D eigenvalue weighted by Gasteiger charge is 2.42. The Hall–Kier alpha value is -1.98. The number of rotatable bonds is 5. The predicted molar refractivity (Wildman–Crippen MR) is 101 cm³/mol. The summed E-state index contributed by atoms with van der Waals surface area (Å²) >= 11 is 0. The lowest BCUT2D eigenvalue weighted by Gasteiger charge is -2.20. The summed E-state index contributed by atoms with van der Waals surface area (Å²) in [6, 6.07) is 5.27. The first kappa shape index (κ1) is 18.4. The lowest BCUT2D eigenvalue weighted by molar-refractivity contribution is -0.116. The molecule has 27 heavy (non-hydrogen) atoms. The number of ether oxygens (including phenoxy) is 1. The van der Waals surface area contributed by atoms with Crippen molar-refractivity contribution in [2.75, 3.05) is 19.6 Å². The molecule has 1 N–H and O–H groups in total. The van der Waals surface area contributed by atoms with Crippen molar-refractivity contribution >= 4 is 5.78 Å². The van der Waals surface area contributed by atoms with E-state index >= 15 is 0 Å². The van der Waals surface area contributed by atoms with Crippen LogP contribution in [0.15, 0.2) is 42.0 Å². The van der Waals surface area contributed by atoms with Crippen molar-refractivity contribution in [3.63, 3.8) is 0 Å². The summed E-state index contributed by atoms with van der Waals surface area (Å²) in [6.07, 6.45) is 7.16. The average Bonchev–Trinajstić information content (AvgIpc) is 3.17. The van der Waals surface area contributed by atoms with E-state index in [9.17, 15) is 14.3 Å². The first-order valence-electron chi connectivity index (χ1n) is 9.73. The van der Waals surface area contributed by atoms with Crippen LogP contribution in [0.4, 0.5) is 4.39 Å². The summed E-state index contributed by atoms with van der Waals surface area (Å²) < 4.78 is 20.1. The Morgan fingerprint density at radius 1 is 1.30 bits per heavy atom. The fraction of sp³-hybridized carbons (Fsp3) is 0.500. The van der Waals surface area contributed by atoms with Crippen LogP contribution >= 0.6 is 0 Å². The number of ketones is 1. The maximum Gasteiger partial charge on any atom is 0.176 e. The first-order chi connectivity index (χ1) is 13.0. The summed E-state index contributed by atoms with van der Waals surface area (Å²) in [6.45, 7) is 3.97. The van der Waals surface area contributed by atoms with E-state index in [1.165, 1.54) is 0 Å².